The molecule has 2 aromatic carbocycles. The van der Waals surface area contributed by atoms with Crippen molar-refractivity contribution < 1.29 is 26.3 Å². The van der Waals surface area contributed by atoms with E-state index >= 15 is 0 Å². The van der Waals surface area contributed by atoms with Crippen LogP contribution in [0.3, 0.4) is 0 Å². The molecule has 1 nitrogen and oxygen atoms in total. The second-order valence-corrected chi connectivity index (χ2v) is 4.41. The fraction of sp³-hybridized carbons (Fsp3) is 0.133. The van der Waals surface area contributed by atoms with Gasteiger partial charge < -0.3 is 0 Å². The van der Waals surface area contributed by atoms with Crippen molar-refractivity contribution in [2.75, 3.05) is 0 Å². The van der Waals surface area contributed by atoms with Gasteiger partial charge in [-0.15, -0.1) is 0 Å². The molecule has 114 valence electrons. The molecule has 0 radical (unpaired) electrons. The van der Waals surface area contributed by atoms with Crippen molar-refractivity contribution in [1.29, 1.82) is 5.26 Å². The number of hydrogen-bond acceptors (Lipinski definition) is 1. The van der Waals surface area contributed by atoms with Gasteiger partial charge in [-0.1, -0.05) is 24.3 Å². The average Bonchev–Trinajstić information content (AvgIpc) is 2.44. The molecule has 2 rings (SSSR count). The number of benzene rings is 2. The first kappa shape index (κ1) is 15.9. The van der Waals surface area contributed by atoms with Crippen LogP contribution >= 0.6 is 0 Å². The summed E-state index contributed by atoms with van der Waals surface area (Å²) < 4.78 is 76.9. The Morgan fingerprint density at radius 2 is 1.36 bits per heavy atom. The molecule has 0 aromatic heterocycles. The predicted octanol–water partition coefficient (Wildman–Crippen LogP) is 5.26. The van der Waals surface area contributed by atoms with Crippen LogP contribution in [0.4, 0.5) is 26.3 Å². The van der Waals surface area contributed by atoms with Gasteiger partial charge in [0.2, 0.25) is 0 Å². The smallest absolute Gasteiger partial charge is 0.192 e. The Morgan fingerprint density at radius 1 is 0.773 bits per heavy atom. The largest absolute Gasteiger partial charge is 0.417 e. The van der Waals surface area contributed by atoms with E-state index in [0.29, 0.717) is 6.07 Å². The second-order valence-electron chi connectivity index (χ2n) is 4.41. The number of nitriles is 1. The van der Waals surface area contributed by atoms with Crippen molar-refractivity contribution in [2.24, 2.45) is 0 Å². The molecule has 7 heteroatoms. The maximum absolute atomic E-state index is 12.9. The molecule has 0 aliphatic heterocycles. The third kappa shape index (κ3) is 3.06. The van der Waals surface area contributed by atoms with Gasteiger partial charge in [-0.3, -0.25) is 0 Å². The van der Waals surface area contributed by atoms with Crippen molar-refractivity contribution >= 4 is 0 Å². The fourth-order valence-corrected chi connectivity index (χ4v) is 2.03. The Kier molecular flexibility index (Phi) is 3.88. The highest BCUT2D eigenvalue weighted by Gasteiger charge is 2.35. The summed E-state index contributed by atoms with van der Waals surface area (Å²) in [4.78, 5) is 0. The first-order valence-corrected chi connectivity index (χ1v) is 5.92. The summed E-state index contributed by atoms with van der Waals surface area (Å²) in [6.07, 6.45) is -9.39. The molecule has 0 saturated carbocycles. The molecule has 0 amide bonds. The van der Waals surface area contributed by atoms with Crippen LogP contribution in [0, 0.1) is 11.3 Å². The van der Waals surface area contributed by atoms with Crippen LogP contribution in [0.1, 0.15) is 16.7 Å². The lowest BCUT2D eigenvalue weighted by atomic mass is 9.95. The quantitative estimate of drug-likeness (QED) is 0.658. The van der Waals surface area contributed by atoms with Crippen molar-refractivity contribution in [3.63, 3.8) is 0 Å². The highest BCUT2D eigenvalue weighted by Crippen LogP contribution is 2.39. The van der Waals surface area contributed by atoms with E-state index in [0.717, 1.165) is 24.3 Å². The van der Waals surface area contributed by atoms with Gasteiger partial charge in [-0.05, 0) is 29.3 Å². The zero-order valence-electron chi connectivity index (χ0n) is 10.8. The molecule has 0 unspecified atom stereocenters. The summed E-state index contributed by atoms with van der Waals surface area (Å²) in [5.74, 6) is 0. The second kappa shape index (κ2) is 5.37. The van der Waals surface area contributed by atoms with Gasteiger partial charge in [0.05, 0.1) is 22.8 Å². The lowest BCUT2D eigenvalue weighted by Crippen LogP contribution is -2.09. The highest BCUT2D eigenvalue weighted by molar-refractivity contribution is 5.70. The topological polar surface area (TPSA) is 23.8 Å². The minimum atomic E-state index is -4.74. The van der Waals surface area contributed by atoms with E-state index in [1.807, 2.05) is 0 Å². The molecule has 0 saturated heterocycles. The molecule has 0 aliphatic carbocycles. The van der Waals surface area contributed by atoms with Crippen LogP contribution in [-0.2, 0) is 12.4 Å². The average molecular weight is 315 g/mol. The summed E-state index contributed by atoms with van der Waals surface area (Å²) in [7, 11) is 0. The lowest BCUT2D eigenvalue weighted by molar-refractivity contribution is -0.138. The lowest BCUT2D eigenvalue weighted by Gasteiger charge is -2.14. The van der Waals surface area contributed by atoms with Crippen molar-refractivity contribution in [1.82, 2.24) is 0 Å². The highest BCUT2D eigenvalue weighted by atomic mass is 19.4. The summed E-state index contributed by atoms with van der Waals surface area (Å²) in [5.41, 5.74) is -3.25. The standard InChI is InChI=1S/C15H7F6N/c16-14(17,18)12-6-5-9(7-10(12)8-22)11-3-1-2-4-13(11)15(19,20)21/h1-7H. The molecular weight excluding hydrogens is 308 g/mol. The zero-order valence-corrected chi connectivity index (χ0v) is 10.8. The fourth-order valence-electron chi connectivity index (χ4n) is 2.03. The third-order valence-electron chi connectivity index (χ3n) is 2.99. The van der Waals surface area contributed by atoms with E-state index in [1.165, 1.54) is 18.2 Å². The van der Waals surface area contributed by atoms with Crippen LogP contribution in [0.2, 0.25) is 0 Å². The zero-order chi connectivity index (χ0) is 16.5. The Balaban J connectivity index is 2.64. The normalized spacial score (nSPS) is 12.0. The molecule has 0 atom stereocenters. The van der Waals surface area contributed by atoms with Gasteiger partial charge in [0.25, 0.3) is 0 Å². The predicted molar refractivity (Wildman–Crippen MR) is 66.6 cm³/mol. The van der Waals surface area contributed by atoms with E-state index in [-0.39, 0.29) is 11.1 Å². The van der Waals surface area contributed by atoms with E-state index < -0.39 is 29.0 Å². The Hall–Kier alpha value is -2.49. The minimum absolute atomic E-state index is 0.0996. The maximum Gasteiger partial charge on any atom is 0.417 e. The SMILES string of the molecule is N#Cc1cc(-c2ccccc2C(F)(F)F)ccc1C(F)(F)F. The van der Waals surface area contributed by atoms with Gasteiger partial charge >= 0.3 is 12.4 Å². The molecule has 0 heterocycles. The number of hydrogen-bond donors (Lipinski definition) is 0. The van der Waals surface area contributed by atoms with Gasteiger partial charge in [0.1, 0.15) is 0 Å². The molecule has 0 aliphatic rings. The summed E-state index contributed by atoms with van der Waals surface area (Å²) in [6, 6.07) is 8.22. The van der Waals surface area contributed by atoms with Crippen LogP contribution < -0.4 is 0 Å². The molecule has 0 fully saturated rings. The minimum Gasteiger partial charge on any atom is -0.192 e. The first-order chi connectivity index (χ1) is 10.1. The van der Waals surface area contributed by atoms with E-state index in [1.54, 1.807) is 0 Å². The Bertz CT molecular complexity index is 737. The van der Waals surface area contributed by atoms with Crippen molar-refractivity contribution in [3.8, 4) is 17.2 Å². The molecule has 0 spiro atoms. The van der Waals surface area contributed by atoms with Crippen molar-refractivity contribution in [3.05, 3.63) is 59.2 Å². The number of nitrogens with zero attached hydrogens (tertiary/aromatic N) is 1. The number of alkyl halides is 6. The van der Waals surface area contributed by atoms with Gasteiger partial charge in [-0.25, -0.2) is 0 Å². The van der Waals surface area contributed by atoms with Crippen LogP contribution in [0.15, 0.2) is 42.5 Å². The van der Waals surface area contributed by atoms with Gasteiger partial charge in [0, 0.05) is 0 Å². The monoisotopic (exact) mass is 315 g/mol. The van der Waals surface area contributed by atoms with Crippen LogP contribution in [0.25, 0.3) is 11.1 Å². The molecule has 0 bridgehead atoms. The molecular formula is C15H7F6N. The van der Waals surface area contributed by atoms with Crippen molar-refractivity contribution in [2.45, 2.75) is 12.4 Å². The summed E-state index contributed by atoms with van der Waals surface area (Å²) >= 11 is 0. The van der Waals surface area contributed by atoms with Crippen LogP contribution in [0.5, 0.6) is 0 Å². The number of halogens is 6. The first-order valence-electron chi connectivity index (χ1n) is 5.92. The van der Waals surface area contributed by atoms with E-state index in [9.17, 15) is 26.3 Å². The van der Waals surface area contributed by atoms with Crippen LogP contribution in [-0.4, -0.2) is 0 Å². The molecule has 22 heavy (non-hydrogen) atoms. The summed E-state index contributed by atoms with van der Waals surface area (Å²) in [5, 5.41) is 8.81. The maximum atomic E-state index is 12.9. The molecule has 2 aromatic rings. The molecule has 0 N–H and O–H groups in total. The Morgan fingerprint density at radius 3 is 1.91 bits per heavy atom. The summed E-state index contributed by atoms with van der Waals surface area (Å²) in [6.45, 7) is 0. The van der Waals surface area contributed by atoms with Gasteiger partial charge in [-0.2, -0.15) is 31.6 Å². The van der Waals surface area contributed by atoms with E-state index in [2.05, 4.69) is 0 Å². The van der Waals surface area contributed by atoms with Gasteiger partial charge in [0.15, 0.2) is 0 Å². The Labute approximate surface area is 121 Å². The van der Waals surface area contributed by atoms with E-state index in [4.69, 9.17) is 5.26 Å². The third-order valence-corrected chi connectivity index (χ3v) is 2.99. The number of rotatable bonds is 1.